The highest BCUT2D eigenvalue weighted by Gasteiger charge is 2.12. The maximum atomic E-state index is 10.8. The Labute approximate surface area is 130 Å². The van der Waals surface area contributed by atoms with Crippen LogP contribution in [0.25, 0.3) is 10.6 Å². The van der Waals surface area contributed by atoms with E-state index in [0.29, 0.717) is 17.2 Å². The minimum atomic E-state index is -0.463. The molecule has 2 heterocycles. The van der Waals surface area contributed by atoms with Crippen LogP contribution in [0.1, 0.15) is 5.56 Å². The van der Waals surface area contributed by atoms with E-state index in [2.05, 4.69) is 9.97 Å². The van der Waals surface area contributed by atoms with Crippen LogP contribution in [0.3, 0.4) is 0 Å². The minimum Gasteiger partial charge on any atom is -0.439 e. The van der Waals surface area contributed by atoms with Crippen LogP contribution in [0.15, 0.2) is 48.1 Å². The number of aryl methyl sites for hydroxylation is 1. The molecule has 2 aromatic heterocycles. The summed E-state index contributed by atoms with van der Waals surface area (Å²) in [5.41, 5.74) is 1.50. The Hall–Kier alpha value is -2.80. The number of hydrogen-bond donors (Lipinski definition) is 0. The van der Waals surface area contributed by atoms with Crippen molar-refractivity contribution in [1.82, 2.24) is 9.97 Å². The molecule has 1 aromatic carbocycles. The van der Waals surface area contributed by atoms with Gasteiger partial charge in [0.2, 0.25) is 5.88 Å². The largest absolute Gasteiger partial charge is 0.439 e. The van der Waals surface area contributed by atoms with Crippen LogP contribution in [0.4, 0.5) is 5.69 Å². The lowest BCUT2D eigenvalue weighted by Gasteiger charge is -2.06. The van der Waals surface area contributed by atoms with Gasteiger partial charge in [-0.2, -0.15) is 0 Å². The zero-order valence-corrected chi connectivity index (χ0v) is 12.4. The van der Waals surface area contributed by atoms with E-state index in [-0.39, 0.29) is 5.69 Å². The van der Waals surface area contributed by atoms with Crippen molar-refractivity contribution in [3.8, 4) is 22.2 Å². The first-order chi connectivity index (χ1) is 10.6. The molecule has 110 valence electrons. The second kappa shape index (κ2) is 5.90. The van der Waals surface area contributed by atoms with Crippen molar-refractivity contribution in [3.63, 3.8) is 0 Å². The first-order valence-electron chi connectivity index (χ1n) is 6.42. The van der Waals surface area contributed by atoms with E-state index in [1.807, 2.05) is 29.6 Å². The Morgan fingerprint density at radius 3 is 2.59 bits per heavy atom. The molecule has 0 N–H and O–H groups in total. The summed E-state index contributed by atoms with van der Waals surface area (Å²) in [4.78, 5) is 18.5. The first-order valence-corrected chi connectivity index (χ1v) is 7.30. The molecule has 0 spiro atoms. The zero-order chi connectivity index (χ0) is 15.5. The molecule has 0 aliphatic heterocycles. The van der Waals surface area contributed by atoms with E-state index in [1.54, 1.807) is 30.5 Å². The molecule has 0 fully saturated rings. The van der Waals surface area contributed by atoms with Gasteiger partial charge < -0.3 is 4.74 Å². The summed E-state index contributed by atoms with van der Waals surface area (Å²) in [7, 11) is 0. The SMILES string of the molecule is Cc1cc(Oc2ccc(-c3nccs3)cc2)ncc1[N+](=O)[O-]. The van der Waals surface area contributed by atoms with Crippen molar-refractivity contribution in [2.24, 2.45) is 0 Å². The molecular weight excluding hydrogens is 302 g/mol. The number of hydrogen-bond acceptors (Lipinski definition) is 6. The maximum absolute atomic E-state index is 10.8. The van der Waals surface area contributed by atoms with Crippen molar-refractivity contribution in [2.45, 2.75) is 6.92 Å². The van der Waals surface area contributed by atoms with Crippen LogP contribution >= 0.6 is 11.3 Å². The summed E-state index contributed by atoms with van der Waals surface area (Å²) in [5.74, 6) is 0.936. The minimum absolute atomic E-state index is 0.0218. The fourth-order valence-corrected chi connectivity index (χ4v) is 2.57. The number of benzene rings is 1. The Kier molecular flexibility index (Phi) is 3.80. The quantitative estimate of drug-likeness (QED) is 0.532. The van der Waals surface area contributed by atoms with E-state index in [4.69, 9.17) is 4.74 Å². The average molecular weight is 313 g/mol. The predicted octanol–water partition coefficient (Wildman–Crippen LogP) is 4.21. The second-order valence-electron chi connectivity index (χ2n) is 4.53. The third-order valence-corrected chi connectivity index (χ3v) is 3.83. The molecule has 22 heavy (non-hydrogen) atoms. The van der Waals surface area contributed by atoms with Gasteiger partial charge in [-0.3, -0.25) is 10.1 Å². The highest BCUT2D eigenvalue weighted by molar-refractivity contribution is 7.13. The molecule has 0 aliphatic rings. The van der Waals surface area contributed by atoms with Crippen LogP contribution < -0.4 is 4.74 Å². The van der Waals surface area contributed by atoms with Gasteiger partial charge in [-0.1, -0.05) is 0 Å². The Morgan fingerprint density at radius 1 is 1.23 bits per heavy atom. The normalized spacial score (nSPS) is 10.4. The van der Waals surface area contributed by atoms with Gasteiger partial charge in [0, 0.05) is 28.8 Å². The zero-order valence-electron chi connectivity index (χ0n) is 11.6. The highest BCUT2D eigenvalue weighted by atomic mass is 32.1. The van der Waals surface area contributed by atoms with Crippen LogP contribution in [0.5, 0.6) is 11.6 Å². The molecule has 7 heteroatoms. The van der Waals surface area contributed by atoms with Gasteiger partial charge in [-0.25, -0.2) is 9.97 Å². The van der Waals surface area contributed by atoms with Crippen molar-refractivity contribution in [1.29, 1.82) is 0 Å². The van der Waals surface area contributed by atoms with Gasteiger partial charge in [-0.05, 0) is 31.2 Å². The van der Waals surface area contributed by atoms with Crippen molar-refractivity contribution < 1.29 is 9.66 Å². The third kappa shape index (κ3) is 2.94. The lowest BCUT2D eigenvalue weighted by molar-refractivity contribution is -0.385. The standard InChI is InChI=1S/C15H11N3O3S/c1-10-8-14(17-9-13(10)18(19)20)21-12-4-2-11(3-5-12)15-16-6-7-22-15/h2-9H,1H3. The van der Waals surface area contributed by atoms with Crippen molar-refractivity contribution >= 4 is 17.0 Å². The van der Waals surface area contributed by atoms with Crippen LogP contribution in [0, 0.1) is 17.0 Å². The Balaban J connectivity index is 1.79. The predicted molar refractivity (Wildman–Crippen MR) is 83.3 cm³/mol. The Morgan fingerprint density at radius 2 is 2.00 bits per heavy atom. The van der Waals surface area contributed by atoms with E-state index < -0.39 is 4.92 Å². The van der Waals surface area contributed by atoms with Gasteiger partial charge in [0.05, 0.1) is 4.92 Å². The number of aromatic nitrogens is 2. The molecule has 3 aromatic rings. The summed E-state index contributed by atoms with van der Waals surface area (Å²) in [6, 6.07) is 9.00. The number of nitro groups is 1. The second-order valence-corrected chi connectivity index (χ2v) is 5.42. The van der Waals surface area contributed by atoms with Crippen molar-refractivity contribution in [2.75, 3.05) is 0 Å². The smallest absolute Gasteiger partial charge is 0.290 e. The number of pyridine rings is 1. The summed E-state index contributed by atoms with van der Waals surface area (Å²) in [6.45, 7) is 1.65. The van der Waals surface area contributed by atoms with Crippen molar-refractivity contribution in [3.05, 3.63) is 63.8 Å². The summed E-state index contributed by atoms with van der Waals surface area (Å²) >= 11 is 1.56. The monoisotopic (exact) mass is 313 g/mol. The number of rotatable bonds is 4. The maximum Gasteiger partial charge on any atom is 0.290 e. The molecule has 0 aliphatic carbocycles. The van der Waals surface area contributed by atoms with Gasteiger partial charge >= 0.3 is 0 Å². The first kappa shape index (κ1) is 14.2. The van der Waals surface area contributed by atoms with Crippen LogP contribution in [0.2, 0.25) is 0 Å². The van der Waals surface area contributed by atoms with E-state index in [9.17, 15) is 10.1 Å². The van der Waals surface area contributed by atoms with Gasteiger partial charge in [0.15, 0.2) is 0 Å². The molecule has 3 rings (SSSR count). The molecule has 0 saturated heterocycles. The molecule has 6 nitrogen and oxygen atoms in total. The van der Waals surface area contributed by atoms with Gasteiger partial charge in [0.25, 0.3) is 5.69 Å². The molecule has 0 bridgehead atoms. The topological polar surface area (TPSA) is 78.2 Å². The number of nitrogens with zero attached hydrogens (tertiary/aromatic N) is 3. The summed E-state index contributed by atoms with van der Waals surface area (Å²) < 4.78 is 5.62. The molecule has 0 amide bonds. The molecule has 0 atom stereocenters. The lowest BCUT2D eigenvalue weighted by atomic mass is 10.2. The third-order valence-electron chi connectivity index (χ3n) is 3.01. The molecule has 0 radical (unpaired) electrons. The molecular formula is C15H11N3O3S. The van der Waals surface area contributed by atoms with E-state index >= 15 is 0 Å². The molecule has 0 saturated carbocycles. The lowest BCUT2D eigenvalue weighted by Crippen LogP contribution is -1.95. The molecule has 0 unspecified atom stereocenters. The fraction of sp³-hybridized carbons (Fsp3) is 0.0667. The van der Waals surface area contributed by atoms with Crippen LogP contribution in [-0.2, 0) is 0 Å². The van der Waals surface area contributed by atoms with Gasteiger partial charge in [-0.15, -0.1) is 11.3 Å². The fourth-order valence-electron chi connectivity index (χ4n) is 1.92. The van der Waals surface area contributed by atoms with E-state index in [1.165, 1.54) is 6.20 Å². The van der Waals surface area contributed by atoms with Crippen LogP contribution in [-0.4, -0.2) is 14.9 Å². The summed E-state index contributed by atoms with van der Waals surface area (Å²) in [6.07, 6.45) is 2.96. The van der Waals surface area contributed by atoms with Gasteiger partial charge in [0.1, 0.15) is 17.0 Å². The average Bonchev–Trinajstić information content (AvgIpc) is 3.02. The summed E-state index contributed by atoms with van der Waals surface area (Å²) in [5, 5.41) is 13.6. The Bertz CT molecular complexity index is 801. The highest BCUT2D eigenvalue weighted by Crippen LogP contribution is 2.27. The number of ether oxygens (including phenoxy) is 1. The number of thiazole rings is 1. The van der Waals surface area contributed by atoms with E-state index in [0.717, 1.165) is 10.6 Å².